The van der Waals surface area contributed by atoms with Crippen LogP contribution in [0.4, 0.5) is 0 Å². The molecule has 0 spiro atoms. The van der Waals surface area contributed by atoms with Crippen LogP contribution in [0, 0.1) is 0 Å². The van der Waals surface area contributed by atoms with E-state index < -0.39 is 0 Å². The van der Waals surface area contributed by atoms with Crippen molar-refractivity contribution >= 4 is 17.9 Å². The molecule has 1 N–H and O–H groups in total. The Morgan fingerprint density at radius 1 is 1.00 bits per heavy atom. The van der Waals surface area contributed by atoms with Gasteiger partial charge in [-0.25, -0.2) is 0 Å². The van der Waals surface area contributed by atoms with Gasteiger partial charge in [-0.15, -0.1) is 0 Å². The maximum absolute atomic E-state index is 12.7. The van der Waals surface area contributed by atoms with E-state index in [-0.39, 0.29) is 18.4 Å². The molecule has 0 saturated carbocycles. The minimum Gasteiger partial charge on any atom is -0.488 e. The van der Waals surface area contributed by atoms with Crippen LogP contribution in [0.25, 0.3) is 6.08 Å². The standard InChI is InChI=1S/C23H24N2O3/c26-22(20-14-18-8-2-3-10-21(18)28-16-20)24-15-17-7-6-9-19(13-17)23(27)25-11-4-1-5-12-25/h2-3,6-10,13-14H,1,4-5,11-12,15-16H2,(H,24,26). The van der Waals surface area contributed by atoms with E-state index in [1.165, 1.54) is 6.42 Å². The summed E-state index contributed by atoms with van der Waals surface area (Å²) < 4.78 is 5.65. The van der Waals surface area contributed by atoms with Crippen LogP contribution < -0.4 is 10.1 Å². The number of hydrogen-bond donors (Lipinski definition) is 1. The largest absolute Gasteiger partial charge is 0.488 e. The molecule has 4 rings (SSSR count). The van der Waals surface area contributed by atoms with Crippen LogP contribution in [0.5, 0.6) is 5.75 Å². The normalized spacial score (nSPS) is 15.9. The molecule has 2 aromatic rings. The van der Waals surface area contributed by atoms with E-state index in [9.17, 15) is 9.59 Å². The summed E-state index contributed by atoms with van der Waals surface area (Å²) >= 11 is 0. The molecule has 0 aromatic heterocycles. The van der Waals surface area contributed by atoms with Crippen molar-refractivity contribution in [3.05, 3.63) is 70.8 Å². The van der Waals surface area contributed by atoms with E-state index in [0.29, 0.717) is 17.7 Å². The third-order valence-electron chi connectivity index (χ3n) is 5.19. The molecule has 2 aliphatic rings. The molecule has 1 saturated heterocycles. The van der Waals surface area contributed by atoms with Crippen LogP contribution in [0.3, 0.4) is 0 Å². The summed E-state index contributed by atoms with van der Waals surface area (Å²) in [5.41, 5.74) is 3.10. The van der Waals surface area contributed by atoms with Crippen molar-refractivity contribution in [2.75, 3.05) is 19.7 Å². The molecule has 2 aromatic carbocycles. The Morgan fingerprint density at radius 2 is 1.82 bits per heavy atom. The Bertz CT molecular complexity index is 914. The van der Waals surface area contributed by atoms with Gasteiger partial charge in [0.25, 0.3) is 11.8 Å². The molecule has 2 amide bonds. The van der Waals surface area contributed by atoms with Gasteiger partial charge in [0.05, 0.1) is 5.57 Å². The fraction of sp³-hybridized carbons (Fsp3) is 0.304. The predicted molar refractivity (Wildman–Crippen MR) is 108 cm³/mol. The zero-order valence-electron chi connectivity index (χ0n) is 15.8. The highest BCUT2D eigenvalue weighted by molar-refractivity contribution is 5.99. The average molecular weight is 376 g/mol. The van der Waals surface area contributed by atoms with Crippen LogP contribution >= 0.6 is 0 Å². The molecular weight excluding hydrogens is 352 g/mol. The van der Waals surface area contributed by atoms with Crippen LogP contribution in [-0.2, 0) is 11.3 Å². The summed E-state index contributed by atoms with van der Waals surface area (Å²) in [4.78, 5) is 27.1. The lowest BCUT2D eigenvalue weighted by Crippen LogP contribution is -2.35. The number of benzene rings is 2. The smallest absolute Gasteiger partial charge is 0.253 e. The SMILES string of the molecule is O=C(NCc1cccc(C(=O)N2CCCCC2)c1)C1=Cc2ccccc2OC1. The van der Waals surface area contributed by atoms with Gasteiger partial charge in [0.15, 0.2) is 0 Å². The number of carbonyl (C=O) groups is 2. The second kappa shape index (κ2) is 8.30. The Balaban J connectivity index is 1.39. The summed E-state index contributed by atoms with van der Waals surface area (Å²) in [7, 11) is 0. The highest BCUT2D eigenvalue weighted by atomic mass is 16.5. The van der Waals surface area contributed by atoms with Gasteiger partial charge < -0.3 is 15.0 Å². The molecule has 2 heterocycles. The lowest BCUT2D eigenvalue weighted by atomic mass is 10.1. The number of amides is 2. The third kappa shape index (κ3) is 4.09. The third-order valence-corrected chi connectivity index (χ3v) is 5.19. The van der Waals surface area contributed by atoms with Crippen LogP contribution in [-0.4, -0.2) is 36.4 Å². The van der Waals surface area contributed by atoms with E-state index in [4.69, 9.17) is 4.74 Å². The molecule has 2 aliphatic heterocycles. The number of piperidine rings is 1. The van der Waals surface area contributed by atoms with Gasteiger partial charge in [-0.2, -0.15) is 0 Å². The van der Waals surface area contributed by atoms with Crippen molar-refractivity contribution in [3.8, 4) is 5.75 Å². The molecule has 1 fully saturated rings. The molecule has 0 unspecified atom stereocenters. The molecule has 0 aliphatic carbocycles. The number of ether oxygens (including phenoxy) is 1. The maximum atomic E-state index is 12.7. The topological polar surface area (TPSA) is 58.6 Å². The first kappa shape index (κ1) is 18.3. The lowest BCUT2D eigenvalue weighted by molar-refractivity contribution is -0.117. The molecule has 0 radical (unpaired) electrons. The van der Waals surface area contributed by atoms with Crippen molar-refractivity contribution in [1.82, 2.24) is 10.2 Å². The molecule has 5 heteroatoms. The van der Waals surface area contributed by atoms with Gasteiger partial charge in [0.1, 0.15) is 12.4 Å². The molecule has 5 nitrogen and oxygen atoms in total. The number of carbonyl (C=O) groups excluding carboxylic acids is 2. The molecule has 0 bridgehead atoms. The predicted octanol–water partition coefficient (Wildman–Crippen LogP) is 3.40. The van der Waals surface area contributed by atoms with Gasteiger partial charge in [-0.05, 0) is 49.1 Å². The molecular formula is C23H24N2O3. The van der Waals surface area contributed by atoms with Crippen molar-refractivity contribution < 1.29 is 14.3 Å². The first-order chi connectivity index (χ1) is 13.7. The number of nitrogens with one attached hydrogen (secondary N) is 1. The number of likely N-dealkylation sites (tertiary alicyclic amines) is 1. The Labute approximate surface area is 165 Å². The van der Waals surface area contributed by atoms with Crippen molar-refractivity contribution in [1.29, 1.82) is 0 Å². The van der Waals surface area contributed by atoms with Crippen LogP contribution in [0.2, 0.25) is 0 Å². The number of hydrogen-bond acceptors (Lipinski definition) is 3. The Hall–Kier alpha value is -3.08. The number of rotatable bonds is 4. The van der Waals surface area contributed by atoms with Gasteiger partial charge in [-0.1, -0.05) is 30.3 Å². The second-order valence-corrected chi connectivity index (χ2v) is 7.23. The Morgan fingerprint density at radius 3 is 2.68 bits per heavy atom. The van der Waals surface area contributed by atoms with Crippen molar-refractivity contribution in [2.45, 2.75) is 25.8 Å². The lowest BCUT2D eigenvalue weighted by Gasteiger charge is -2.26. The molecule has 144 valence electrons. The van der Waals surface area contributed by atoms with Crippen molar-refractivity contribution in [2.24, 2.45) is 0 Å². The summed E-state index contributed by atoms with van der Waals surface area (Å²) in [5.74, 6) is 0.720. The van der Waals surface area contributed by atoms with E-state index in [2.05, 4.69) is 5.32 Å². The fourth-order valence-electron chi connectivity index (χ4n) is 3.64. The first-order valence-electron chi connectivity index (χ1n) is 9.79. The number of fused-ring (bicyclic) bond motifs is 1. The summed E-state index contributed by atoms with van der Waals surface area (Å²) in [6.07, 6.45) is 5.20. The molecule has 0 atom stereocenters. The zero-order chi connectivity index (χ0) is 19.3. The zero-order valence-corrected chi connectivity index (χ0v) is 15.8. The number of para-hydroxylation sites is 1. The Kier molecular flexibility index (Phi) is 5.42. The first-order valence-corrected chi connectivity index (χ1v) is 9.79. The van der Waals surface area contributed by atoms with E-state index in [1.807, 2.05) is 59.5 Å². The average Bonchev–Trinajstić information content (AvgIpc) is 2.77. The van der Waals surface area contributed by atoms with E-state index in [0.717, 1.165) is 42.8 Å². The maximum Gasteiger partial charge on any atom is 0.253 e. The summed E-state index contributed by atoms with van der Waals surface area (Å²) in [6, 6.07) is 15.2. The van der Waals surface area contributed by atoms with Crippen molar-refractivity contribution in [3.63, 3.8) is 0 Å². The highest BCUT2D eigenvalue weighted by Gasteiger charge is 2.19. The second-order valence-electron chi connectivity index (χ2n) is 7.23. The van der Waals surface area contributed by atoms with Crippen LogP contribution in [0.15, 0.2) is 54.1 Å². The number of nitrogens with zero attached hydrogens (tertiary/aromatic N) is 1. The van der Waals surface area contributed by atoms with Gasteiger partial charge in [-0.3, -0.25) is 9.59 Å². The fourth-order valence-corrected chi connectivity index (χ4v) is 3.64. The minimum atomic E-state index is -0.151. The van der Waals surface area contributed by atoms with E-state index in [1.54, 1.807) is 0 Å². The molecule has 28 heavy (non-hydrogen) atoms. The highest BCUT2D eigenvalue weighted by Crippen LogP contribution is 2.25. The van der Waals surface area contributed by atoms with E-state index >= 15 is 0 Å². The van der Waals surface area contributed by atoms with Gasteiger partial charge >= 0.3 is 0 Å². The van der Waals surface area contributed by atoms with Gasteiger partial charge in [0, 0.05) is 30.8 Å². The monoisotopic (exact) mass is 376 g/mol. The summed E-state index contributed by atoms with van der Waals surface area (Å²) in [5, 5.41) is 2.93. The van der Waals surface area contributed by atoms with Gasteiger partial charge in [0.2, 0.25) is 0 Å². The van der Waals surface area contributed by atoms with Crippen LogP contribution in [0.1, 0.15) is 40.7 Å². The summed E-state index contributed by atoms with van der Waals surface area (Å²) in [6.45, 7) is 2.29. The minimum absolute atomic E-state index is 0.0767. The quantitative estimate of drug-likeness (QED) is 0.890.